The lowest BCUT2D eigenvalue weighted by atomic mass is 9.97. The Kier molecular flexibility index (Phi) is 3.29. The van der Waals surface area contributed by atoms with Gasteiger partial charge in [-0.05, 0) is 26.8 Å². The van der Waals surface area contributed by atoms with E-state index in [1.54, 1.807) is 4.68 Å². The lowest BCUT2D eigenvalue weighted by Crippen LogP contribution is -2.35. The fraction of sp³-hybridized carbons (Fsp3) is 0.636. The number of aryl methyl sites for hydroxylation is 2. The first kappa shape index (κ1) is 11.9. The molecule has 1 heterocycles. The molecule has 0 bridgehead atoms. The number of aromatic nitrogens is 2. The first-order valence-corrected chi connectivity index (χ1v) is 5.08. The third-order valence-electron chi connectivity index (χ3n) is 2.13. The minimum atomic E-state index is -0.426. The monoisotopic (exact) mass is 209 g/mol. The Bertz CT molecular complexity index is 360. The van der Waals surface area contributed by atoms with Crippen molar-refractivity contribution in [1.82, 2.24) is 9.78 Å². The average molecular weight is 209 g/mol. The molecule has 0 saturated heterocycles. The molecule has 0 amide bonds. The van der Waals surface area contributed by atoms with Crippen molar-refractivity contribution < 1.29 is 4.79 Å². The lowest BCUT2D eigenvalue weighted by molar-refractivity contribution is -0.119. The standard InChI is InChI=1S/C11H19N3O/c1-8-5-9(14(4)13-8)6-10(15)7-11(2,3)12/h5H,6-7,12H2,1-4H3. The zero-order valence-corrected chi connectivity index (χ0v) is 9.87. The zero-order valence-electron chi connectivity index (χ0n) is 9.87. The van der Waals surface area contributed by atoms with E-state index in [4.69, 9.17) is 5.73 Å². The molecule has 0 radical (unpaired) electrons. The van der Waals surface area contributed by atoms with Gasteiger partial charge in [-0.3, -0.25) is 9.48 Å². The maximum atomic E-state index is 11.7. The summed E-state index contributed by atoms with van der Waals surface area (Å²) in [5.41, 5.74) is 7.25. The van der Waals surface area contributed by atoms with E-state index in [1.165, 1.54) is 0 Å². The number of hydrogen-bond donors (Lipinski definition) is 1. The highest BCUT2D eigenvalue weighted by molar-refractivity contribution is 5.81. The second kappa shape index (κ2) is 4.14. The minimum absolute atomic E-state index is 0.158. The predicted octanol–water partition coefficient (Wildman–Crippen LogP) is 0.968. The van der Waals surface area contributed by atoms with Crippen LogP contribution in [0.25, 0.3) is 0 Å². The van der Waals surface area contributed by atoms with Gasteiger partial charge in [-0.15, -0.1) is 0 Å². The molecule has 0 aliphatic carbocycles. The molecule has 4 nitrogen and oxygen atoms in total. The SMILES string of the molecule is Cc1cc(CC(=O)CC(C)(C)N)n(C)n1. The molecule has 1 aromatic heterocycles. The van der Waals surface area contributed by atoms with Crippen LogP contribution in [-0.2, 0) is 18.3 Å². The summed E-state index contributed by atoms with van der Waals surface area (Å²) in [5.74, 6) is 0.158. The molecule has 1 rings (SSSR count). The number of ketones is 1. The molecule has 0 unspecified atom stereocenters. The lowest BCUT2D eigenvalue weighted by Gasteiger charge is -2.16. The number of nitrogens with two attached hydrogens (primary N) is 1. The normalized spacial score (nSPS) is 11.8. The summed E-state index contributed by atoms with van der Waals surface area (Å²) in [6, 6.07) is 1.93. The fourth-order valence-corrected chi connectivity index (χ4v) is 1.60. The molecule has 15 heavy (non-hydrogen) atoms. The van der Waals surface area contributed by atoms with Crippen molar-refractivity contribution in [1.29, 1.82) is 0 Å². The van der Waals surface area contributed by atoms with Gasteiger partial charge in [-0.1, -0.05) is 0 Å². The van der Waals surface area contributed by atoms with E-state index in [2.05, 4.69) is 5.10 Å². The van der Waals surface area contributed by atoms with Crippen molar-refractivity contribution in [3.8, 4) is 0 Å². The van der Waals surface area contributed by atoms with E-state index < -0.39 is 5.54 Å². The molecule has 1 aromatic rings. The van der Waals surface area contributed by atoms with Crippen molar-refractivity contribution in [2.75, 3.05) is 0 Å². The van der Waals surface area contributed by atoms with Crippen LogP contribution in [0.15, 0.2) is 6.07 Å². The van der Waals surface area contributed by atoms with Gasteiger partial charge in [-0.2, -0.15) is 5.10 Å². The topological polar surface area (TPSA) is 60.9 Å². The van der Waals surface area contributed by atoms with E-state index in [0.717, 1.165) is 11.4 Å². The molecular weight excluding hydrogens is 190 g/mol. The molecule has 0 atom stereocenters. The van der Waals surface area contributed by atoms with Crippen LogP contribution in [-0.4, -0.2) is 21.1 Å². The van der Waals surface area contributed by atoms with Gasteiger partial charge in [0.15, 0.2) is 0 Å². The van der Waals surface area contributed by atoms with Gasteiger partial charge in [0.05, 0.1) is 5.69 Å². The molecule has 2 N–H and O–H groups in total. The summed E-state index contributed by atoms with van der Waals surface area (Å²) in [5, 5.41) is 4.19. The second-order valence-electron chi connectivity index (χ2n) is 4.78. The molecule has 0 aliphatic rings. The maximum Gasteiger partial charge on any atom is 0.140 e. The quantitative estimate of drug-likeness (QED) is 0.803. The Hall–Kier alpha value is -1.16. The van der Waals surface area contributed by atoms with Gasteiger partial charge in [0.2, 0.25) is 0 Å². The Morgan fingerprint density at radius 1 is 1.60 bits per heavy atom. The van der Waals surface area contributed by atoms with E-state index in [9.17, 15) is 4.79 Å². The van der Waals surface area contributed by atoms with Gasteiger partial charge < -0.3 is 5.73 Å². The van der Waals surface area contributed by atoms with E-state index in [-0.39, 0.29) is 5.78 Å². The van der Waals surface area contributed by atoms with Crippen LogP contribution in [0.5, 0.6) is 0 Å². The predicted molar refractivity (Wildman–Crippen MR) is 59.5 cm³/mol. The summed E-state index contributed by atoms with van der Waals surface area (Å²) >= 11 is 0. The van der Waals surface area contributed by atoms with Crippen LogP contribution < -0.4 is 5.73 Å². The highest BCUT2D eigenvalue weighted by Gasteiger charge is 2.17. The van der Waals surface area contributed by atoms with Gasteiger partial charge in [-0.25, -0.2) is 0 Å². The van der Waals surface area contributed by atoms with Crippen LogP contribution in [0.1, 0.15) is 31.7 Å². The van der Waals surface area contributed by atoms with Crippen LogP contribution in [0.4, 0.5) is 0 Å². The van der Waals surface area contributed by atoms with Gasteiger partial charge in [0, 0.05) is 31.1 Å². The number of carbonyl (C=O) groups is 1. The van der Waals surface area contributed by atoms with Crippen LogP contribution >= 0.6 is 0 Å². The number of rotatable bonds is 4. The second-order valence-corrected chi connectivity index (χ2v) is 4.78. The Balaban J connectivity index is 2.63. The highest BCUT2D eigenvalue weighted by Crippen LogP contribution is 2.09. The van der Waals surface area contributed by atoms with Crippen molar-refractivity contribution >= 4 is 5.78 Å². The molecule has 0 spiro atoms. The number of carbonyl (C=O) groups excluding carboxylic acids is 1. The Morgan fingerprint density at radius 3 is 2.60 bits per heavy atom. The maximum absolute atomic E-state index is 11.7. The zero-order chi connectivity index (χ0) is 11.6. The summed E-state index contributed by atoms with van der Waals surface area (Å²) in [6.07, 6.45) is 0.815. The third kappa shape index (κ3) is 3.83. The summed E-state index contributed by atoms with van der Waals surface area (Å²) < 4.78 is 1.75. The van der Waals surface area contributed by atoms with Gasteiger partial charge in [0.25, 0.3) is 0 Å². The van der Waals surface area contributed by atoms with Gasteiger partial charge >= 0.3 is 0 Å². The fourth-order valence-electron chi connectivity index (χ4n) is 1.60. The molecular formula is C11H19N3O. The minimum Gasteiger partial charge on any atom is -0.325 e. The summed E-state index contributed by atoms with van der Waals surface area (Å²) in [6.45, 7) is 5.64. The van der Waals surface area contributed by atoms with Crippen LogP contribution in [0.2, 0.25) is 0 Å². The Morgan fingerprint density at radius 2 is 2.20 bits per heavy atom. The van der Waals surface area contributed by atoms with E-state index >= 15 is 0 Å². The van der Waals surface area contributed by atoms with Crippen LogP contribution in [0, 0.1) is 6.92 Å². The molecule has 0 aromatic carbocycles. The van der Waals surface area contributed by atoms with Crippen molar-refractivity contribution in [2.45, 2.75) is 39.2 Å². The molecule has 0 aliphatic heterocycles. The summed E-state index contributed by atoms with van der Waals surface area (Å²) in [7, 11) is 1.85. The molecule has 4 heteroatoms. The third-order valence-corrected chi connectivity index (χ3v) is 2.13. The number of Topliss-reactive ketones (excluding diaryl/α,β-unsaturated/α-hetero) is 1. The number of nitrogens with zero attached hydrogens (tertiary/aromatic N) is 2. The summed E-state index contributed by atoms with van der Waals surface area (Å²) in [4.78, 5) is 11.7. The molecule has 84 valence electrons. The van der Waals surface area contributed by atoms with Crippen LogP contribution in [0.3, 0.4) is 0 Å². The van der Waals surface area contributed by atoms with Gasteiger partial charge in [0.1, 0.15) is 5.78 Å². The first-order chi connectivity index (χ1) is 6.78. The largest absolute Gasteiger partial charge is 0.325 e. The average Bonchev–Trinajstić information content (AvgIpc) is 2.25. The highest BCUT2D eigenvalue weighted by atomic mass is 16.1. The first-order valence-electron chi connectivity index (χ1n) is 5.08. The van der Waals surface area contributed by atoms with E-state index in [1.807, 2.05) is 33.9 Å². The molecule has 0 saturated carbocycles. The smallest absolute Gasteiger partial charge is 0.140 e. The number of hydrogen-bond acceptors (Lipinski definition) is 3. The Labute approximate surface area is 90.5 Å². The molecule has 0 fully saturated rings. The van der Waals surface area contributed by atoms with E-state index in [0.29, 0.717) is 12.8 Å². The van der Waals surface area contributed by atoms with Crippen molar-refractivity contribution in [3.05, 3.63) is 17.5 Å². The van der Waals surface area contributed by atoms with Crippen molar-refractivity contribution in [2.24, 2.45) is 12.8 Å². The van der Waals surface area contributed by atoms with Crippen molar-refractivity contribution in [3.63, 3.8) is 0 Å².